The van der Waals surface area contributed by atoms with Crippen LogP contribution in [0.4, 0.5) is 11.4 Å². The van der Waals surface area contributed by atoms with Gasteiger partial charge in [0.05, 0.1) is 11.3 Å². The molecule has 0 fully saturated rings. The van der Waals surface area contributed by atoms with E-state index in [0.717, 1.165) is 0 Å². The Morgan fingerprint density at radius 1 is 1.20 bits per heavy atom. The van der Waals surface area contributed by atoms with E-state index in [-0.39, 0.29) is 10.5 Å². The average Bonchev–Trinajstić information content (AvgIpc) is 2.37. The first-order valence-electron chi connectivity index (χ1n) is 5.50. The summed E-state index contributed by atoms with van der Waals surface area (Å²) in [4.78, 5) is -0.130. The Morgan fingerprint density at radius 3 is 2.60 bits per heavy atom. The number of halogens is 1. The summed E-state index contributed by atoms with van der Waals surface area (Å²) in [6, 6.07) is 12.1. The molecular formula is C13H10ClN3O2S. The van der Waals surface area contributed by atoms with Crippen molar-refractivity contribution in [1.82, 2.24) is 0 Å². The van der Waals surface area contributed by atoms with Crippen LogP contribution in [-0.2, 0) is 10.0 Å². The van der Waals surface area contributed by atoms with Crippen LogP contribution in [0, 0.1) is 11.3 Å². The molecular weight excluding hydrogens is 298 g/mol. The zero-order chi connectivity index (χ0) is 14.8. The summed E-state index contributed by atoms with van der Waals surface area (Å²) in [5.41, 5.74) is 6.16. The number of sulfonamides is 1. The van der Waals surface area contributed by atoms with E-state index in [1.165, 1.54) is 24.3 Å². The van der Waals surface area contributed by atoms with Crippen molar-refractivity contribution < 1.29 is 8.42 Å². The molecule has 0 aliphatic rings. The Hall–Kier alpha value is -2.23. The predicted molar refractivity (Wildman–Crippen MR) is 77.8 cm³/mol. The van der Waals surface area contributed by atoms with Gasteiger partial charge in [0.25, 0.3) is 10.0 Å². The summed E-state index contributed by atoms with van der Waals surface area (Å²) in [5, 5.41) is 9.40. The van der Waals surface area contributed by atoms with E-state index in [1.807, 2.05) is 6.07 Å². The number of nitriles is 1. The number of nitrogen functional groups attached to an aromatic ring is 1. The Bertz CT molecular complexity index is 798. The topological polar surface area (TPSA) is 96.0 Å². The maximum Gasteiger partial charge on any atom is 0.263 e. The van der Waals surface area contributed by atoms with Crippen molar-refractivity contribution in [2.75, 3.05) is 10.5 Å². The number of nitrogens with one attached hydrogen (secondary N) is 1. The summed E-state index contributed by atoms with van der Waals surface area (Å²) >= 11 is 5.80. The van der Waals surface area contributed by atoms with Gasteiger partial charge < -0.3 is 5.73 Å². The number of hydrogen-bond acceptors (Lipinski definition) is 4. The van der Waals surface area contributed by atoms with Crippen LogP contribution < -0.4 is 10.5 Å². The van der Waals surface area contributed by atoms with Gasteiger partial charge in [0, 0.05) is 10.7 Å². The van der Waals surface area contributed by atoms with Crippen LogP contribution in [0.15, 0.2) is 47.4 Å². The van der Waals surface area contributed by atoms with Crippen LogP contribution >= 0.6 is 11.6 Å². The van der Waals surface area contributed by atoms with E-state index in [4.69, 9.17) is 22.6 Å². The van der Waals surface area contributed by atoms with Crippen molar-refractivity contribution in [2.24, 2.45) is 0 Å². The molecule has 0 saturated heterocycles. The molecule has 2 aromatic carbocycles. The van der Waals surface area contributed by atoms with E-state index >= 15 is 0 Å². The van der Waals surface area contributed by atoms with Crippen molar-refractivity contribution >= 4 is 33.0 Å². The van der Waals surface area contributed by atoms with E-state index in [2.05, 4.69) is 4.72 Å². The molecule has 0 spiro atoms. The van der Waals surface area contributed by atoms with Crippen LogP contribution in [0.5, 0.6) is 0 Å². The second kappa shape index (κ2) is 5.41. The van der Waals surface area contributed by atoms with Gasteiger partial charge in [0.2, 0.25) is 0 Å². The molecule has 102 valence electrons. The van der Waals surface area contributed by atoms with Crippen LogP contribution in [0.25, 0.3) is 0 Å². The standard InChI is InChI=1S/C13H10ClN3O2S/c14-10-2-1-3-12(7-10)17-20(18,19)13-5-4-11(16)6-9(13)8-15/h1-7,17H,16H2. The van der Waals surface area contributed by atoms with Gasteiger partial charge in [0.1, 0.15) is 11.0 Å². The molecule has 0 radical (unpaired) electrons. The Labute approximate surface area is 121 Å². The summed E-state index contributed by atoms with van der Waals surface area (Å²) in [5.74, 6) is 0. The predicted octanol–water partition coefficient (Wildman–Crippen LogP) is 2.59. The Morgan fingerprint density at radius 2 is 1.95 bits per heavy atom. The zero-order valence-electron chi connectivity index (χ0n) is 10.2. The zero-order valence-corrected chi connectivity index (χ0v) is 11.7. The third-order valence-corrected chi connectivity index (χ3v) is 4.16. The molecule has 3 N–H and O–H groups in total. The van der Waals surface area contributed by atoms with Gasteiger partial charge in [-0.15, -0.1) is 0 Å². The van der Waals surface area contributed by atoms with Crippen LogP contribution in [0.1, 0.15) is 5.56 Å². The molecule has 0 aromatic heterocycles. The third kappa shape index (κ3) is 3.02. The molecule has 7 heteroatoms. The molecule has 0 aliphatic carbocycles. The highest BCUT2D eigenvalue weighted by Gasteiger charge is 2.19. The highest BCUT2D eigenvalue weighted by atomic mass is 35.5. The first-order chi connectivity index (χ1) is 9.42. The number of nitrogens with two attached hydrogens (primary N) is 1. The third-order valence-electron chi connectivity index (χ3n) is 2.49. The lowest BCUT2D eigenvalue weighted by Crippen LogP contribution is -2.14. The highest BCUT2D eigenvalue weighted by Crippen LogP contribution is 2.22. The molecule has 2 rings (SSSR count). The van der Waals surface area contributed by atoms with Gasteiger partial charge in [-0.25, -0.2) is 8.42 Å². The molecule has 0 heterocycles. The maximum absolute atomic E-state index is 12.3. The van der Waals surface area contributed by atoms with Gasteiger partial charge in [-0.1, -0.05) is 17.7 Å². The van der Waals surface area contributed by atoms with Crippen LogP contribution in [0.3, 0.4) is 0 Å². The lowest BCUT2D eigenvalue weighted by atomic mass is 10.2. The second-order valence-electron chi connectivity index (χ2n) is 3.98. The Kier molecular flexibility index (Phi) is 3.84. The van der Waals surface area contributed by atoms with Gasteiger partial charge in [-0.3, -0.25) is 4.72 Å². The molecule has 0 bridgehead atoms. The quantitative estimate of drug-likeness (QED) is 0.852. The van der Waals surface area contributed by atoms with E-state index < -0.39 is 10.0 Å². The highest BCUT2D eigenvalue weighted by molar-refractivity contribution is 7.92. The molecule has 0 aliphatic heterocycles. The second-order valence-corrected chi connectivity index (χ2v) is 6.07. The monoisotopic (exact) mass is 307 g/mol. The number of anilines is 2. The molecule has 0 amide bonds. The van der Waals surface area contributed by atoms with Crippen molar-refractivity contribution in [2.45, 2.75) is 4.90 Å². The van der Waals surface area contributed by atoms with E-state index in [0.29, 0.717) is 16.4 Å². The smallest absolute Gasteiger partial charge is 0.263 e. The number of benzene rings is 2. The summed E-state index contributed by atoms with van der Waals surface area (Å²) < 4.78 is 26.9. The van der Waals surface area contributed by atoms with Crippen LogP contribution in [0.2, 0.25) is 5.02 Å². The molecule has 5 nitrogen and oxygen atoms in total. The maximum atomic E-state index is 12.3. The minimum Gasteiger partial charge on any atom is -0.399 e. The fourth-order valence-electron chi connectivity index (χ4n) is 1.63. The van der Waals surface area contributed by atoms with Gasteiger partial charge in [0.15, 0.2) is 0 Å². The summed E-state index contributed by atoms with van der Waals surface area (Å²) in [6.45, 7) is 0. The van der Waals surface area contributed by atoms with E-state index in [9.17, 15) is 8.42 Å². The molecule has 20 heavy (non-hydrogen) atoms. The van der Waals surface area contributed by atoms with Crippen molar-refractivity contribution in [3.63, 3.8) is 0 Å². The lowest BCUT2D eigenvalue weighted by Gasteiger charge is -2.10. The number of nitrogens with zero attached hydrogens (tertiary/aromatic N) is 1. The summed E-state index contributed by atoms with van der Waals surface area (Å²) in [7, 11) is -3.88. The lowest BCUT2D eigenvalue weighted by molar-refractivity contribution is 0.601. The first-order valence-corrected chi connectivity index (χ1v) is 7.36. The van der Waals surface area contributed by atoms with Crippen molar-refractivity contribution in [3.05, 3.63) is 53.1 Å². The van der Waals surface area contributed by atoms with Crippen molar-refractivity contribution in [1.29, 1.82) is 5.26 Å². The average molecular weight is 308 g/mol. The van der Waals surface area contributed by atoms with Crippen LogP contribution in [-0.4, -0.2) is 8.42 Å². The molecule has 0 atom stereocenters. The fraction of sp³-hybridized carbons (Fsp3) is 0. The minimum atomic E-state index is -3.88. The number of rotatable bonds is 3. The van der Waals surface area contributed by atoms with E-state index in [1.54, 1.807) is 18.2 Å². The van der Waals surface area contributed by atoms with Crippen molar-refractivity contribution in [3.8, 4) is 6.07 Å². The van der Waals surface area contributed by atoms with Gasteiger partial charge >= 0.3 is 0 Å². The first kappa shape index (κ1) is 14.2. The molecule has 0 saturated carbocycles. The van der Waals surface area contributed by atoms with Gasteiger partial charge in [-0.05, 0) is 36.4 Å². The normalized spacial score (nSPS) is 10.8. The Balaban J connectivity index is 2.44. The minimum absolute atomic E-state index is 0.0143. The number of hydrogen-bond donors (Lipinski definition) is 2. The SMILES string of the molecule is N#Cc1cc(N)ccc1S(=O)(=O)Nc1cccc(Cl)c1. The summed E-state index contributed by atoms with van der Waals surface area (Å²) in [6.07, 6.45) is 0. The fourth-order valence-corrected chi connectivity index (χ4v) is 3.01. The molecule has 0 unspecified atom stereocenters. The largest absolute Gasteiger partial charge is 0.399 e. The van der Waals surface area contributed by atoms with Gasteiger partial charge in [-0.2, -0.15) is 5.26 Å². The molecule has 2 aromatic rings.